The van der Waals surface area contributed by atoms with Crippen molar-refractivity contribution >= 4 is 28.5 Å². The average Bonchev–Trinajstić information content (AvgIpc) is 3.39. The zero-order valence-electron chi connectivity index (χ0n) is 16.7. The molecule has 1 aliphatic heterocycles. The van der Waals surface area contributed by atoms with E-state index in [-0.39, 0.29) is 6.10 Å². The number of benzene rings is 1. The highest BCUT2D eigenvalue weighted by molar-refractivity contribution is 6.33. The van der Waals surface area contributed by atoms with Crippen LogP contribution >= 0.6 is 11.6 Å². The van der Waals surface area contributed by atoms with E-state index in [2.05, 4.69) is 30.0 Å². The maximum atomic E-state index is 6.53. The van der Waals surface area contributed by atoms with Crippen molar-refractivity contribution in [3.8, 4) is 11.4 Å². The molecule has 0 N–H and O–H groups in total. The molecule has 30 heavy (non-hydrogen) atoms. The molecule has 5 rings (SSSR count). The molecule has 10 heteroatoms. The number of anilines is 1. The van der Waals surface area contributed by atoms with Gasteiger partial charge in [-0.3, -0.25) is 0 Å². The number of tetrazole rings is 1. The Morgan fingerprint density at radius 3 is 2.97 bits per heavy atom. The first kappa shape index (κ1) is 19.0. The van der Waals surface area contributed by atoms with Crippen molar-refractivity contribution in [2.45, 2.75) is 19.6 Å². The number of nitrogens with zero attached hydrogens (tertiary/aromatic N) is 8. The summed E-state index contributed by atoms with van der Waals surface area (Å²) in [6.45, 7) is 4.59. The van der Waals surface area contributed by atoms with Crippen LogP contribution in [0.1, 0.15) is 18.9 Å². The van der Waals surface area contributed by atoms with Crippen LogP contribution in [-0.4, -0.2) is 54.4 Å². The monoisotopic (exact) mass is 424 g/mol. The van der Waals surface area contributed by atoms with E-state index in [0.29, 0.717) is 24.7 Å². The minimum Gasteiger partial charge on any atom is -0.366 e. The Labute approximate surface area is 178 Å². The van der Waals surface area contributed by atoms with Crippen molar-refractivity contribution < 1.29 is 4.74 Å². The van der Waals surface area contributed by atoms with E-state index in [1.165, 1.54) is 0 Å². The third-order valence-corrected chi connectivity index (χ3v) is 5.71. The molecule has 0 saturated carbocycles. The van der Waals surface area contributed by atoms with E-state index in [1.807, 2.05) is 44.3 Å². The van der Waals surface area contributed by atoms with Gasteiger partial charge in [0.2, 0.25) is 0 Å². The fourth-order valence-electron chi connectivity index (χ4n) is 3.84. The number of hydrogen-bond donors (Lipinski definition) is 0. The van der Waals surface area contributed by atoms with Crippen LogP contribution in [0.2, 0.25) is 5.02 Å². The first-order chi connectivity index (χ1) is 14.7. The number of hydrogen-bond acceptors (Lipinski definition) is 7. The van der Waals surface area contributed by atoms with E-state index in [9.17, 15) is 0 Å². The van der Waals surface area contributed by atoms with Crippen LogP contribution in [0.5, 0.6) is 0 Å². The lowest BCUT2D eigenvalue weighted by atomic mass is 10.2. The lowest BCUT2D eigenvalue weighted by Gasteiger charge is -2.33. The van der Waals surface area contributed by atoms with Gasteiger partial charge >= 0.3 is 0 Å². The maximum Gasteiger partial charge on any atom is 0.182 e. The van der Waals surface area contributed by atoms with Gasteiger partial charge in [0.1, 0.15) is 17.7 Å². The molecule has 0 spiro atoms. The molecule has 1 atom stereocenters. The number of fused-ring (bicyclic) bond motifs is 1. The fraction of sp³-hybridized carbons (Fsp3) is 0.350. The van der Waals surface area contributed by atoms with Gasteiger partial charge in [-0.2, -0.15) is 0 Å². The van der Waals surface area contributed by atoms with Crippen molar-refractivity contribution in [3.05, 3.63) is 47.4 Å². The number of imidazole rings is 1. The summed E-state index contributed by atoms with van der Waals surface area (Å²) in [4.78, 5) is 11.5. The zero-order valence-corrected chi connectivity index (χ0v) is 17.5. The molecule has 9 nitrogen and oxygen atoms in total. The highest BCUT2D eigenvalue weighted by atomic mass is 35.5. The van der Waals surface area contributed by atoms with Crippen molar-refractivity contribution in [2.75, 3.05) is 24.6 Å². The second-order valence-corrected chi connectivity index (χ2v) is 7.57. The number of rotatable bonds is 4. The Morgan fingerprint density at radius 1 is 1.27 bits per heavy atom. The van der Waals surface area contributed by atoms with Gasteiger partial charge in [0.15, 0.2) is 5.82 Å². The molecular weight excluding hydrogens is 404 g/mol. The number of pyridine rings is 1. The summed E-state index contributed by atoms with van der Waals surface area (Å²) in [5.41, 5.74) is 2.84. The molecule has 0 bridgehead atoms. The molecule has 1 aromatic carbocycles. The van der Waals surface area contributed by atoms with E-state index in [4.69, 9.17) is 21.3 Å². The predicted molar refractivity (Wildman–Crippen MR) is 113 cm³/mol. The largest absolute Gasteiger partial charge is 0.366 e. The molecule has 0 aliphatic carbocycles. The summed E-state index contributed by atoms with van der Waals surface area (Å²) in [5, 5.41) is 12.5. The number of aryl methyl sites for hydroxylation is 2. The molecular formula is C20H21ClN8O. The summed E-state index contributed by atoms with van der Waals surface area (Å²) >= 11 is 6.53. The zero-order chi connectivity index (χ0) is 20.7. The molecule has 154 valence electrons. The third kappa shape index (κ3) is 3.20. The van der Waals surface area contributed by atoms with Gasteiger partial charge in [-0.15, -0.1) is 5.10 Å². The number of aromatic nitrogens is 7. The second-order valence-electron chi connectivity index (χ2n) is 7.16. The van der Waals surface area contributed by atoms with Crippen molar-refractivity contribution in [3.63, 3.8) is 0 Å². The Morgan fingerprint density at radius 2 is 2.13 bits per heavy atom. The lowest BCUT2D eigenvalue weighted by Crippen LogP contribution is -2.39. The van der Waals surface area contributed by atoms with Gasteiger partial charge in [-0.1, -0.05) is 23.7 Å². The summed E-state index contributed by atoms with van der Waals surface area (Å²) < 4.78 is 9.75. The van der Waals surface area contributed by atoms with E-state index in [0.717, 1.165) is 40.6 Å². The third-order valence-electron chi connectivity index (χ3n) is 5.41. The quantitative estimate of drug-likeness (QED) is 0.497. The molecule has 1 saturated heterocycles. The Kier molecular flexibility index (Phi) is 4.84. The van der Waals surface area contributed by atoms with E-state index < -0.39 is 0 Å². The average molecular weight is 425 g/mol. The maximum absolute atomic E-state index is 6.53. The minimum absolute atomic E-state index is 0.217. The molecule has 0 radical (unpaired) electrons. The molecule has 3 aromatic heterocycles. The fourth-order valence-corrected chi connectivity index (χ4v) is 4.03. The van der Waals surface area contributed by atoms with Crippen LogP contribution < -0.4 is 4.90 Å². The van der Waals surface area contributed by atoms with Gasteiger partial charge in [-0.25, -0.2) is 14.6 Å². The Hall–Kier alpha value is -3.04. The minimum atomic E-state index is -0.217. The Balaban J connectivity index is 1.49. The van der Waals surface area contributed by atoms with E-state index >= 15 is 0 Å². The van der Waals surface area contributed by atoms with Gasteiger partial charge in [0.25, 0.3) is 0 Å². The van der Waals surface area contributed by atoms with Crippen molar-refractivity contribution in [2.24, 2.45) is 7.05 Å². The first-order valence-corrected chi connectivity index (χ1v) is 10.2. The van der Waals surface area contributed by atoms with Crippen LogP contribution in [0.15, 0.2) is 36.5 Å². The van der Waals surface area contributed by atoms with Crippen LogP contribution in [0.3, 0.4) is 0 Å². The summed E-state index contributed by atoms with van der Waals surface area (Å²) in [5.74, 6) is 2.36. The highest BCUT2D eigenvalue weighted by Gasteiger charge is 2.28. The normalized spacial score (nSPS) is 17.0. The topological polar surface area (TPSA) is 86.8 Å². The summed E-state index contributed by atoms with van der Waals surface area (Å²) in [6, 6.07) is 10.0. The molecule has 0 amide bonds. The van der Waals surface area contributed by atoms with Crippen LogP contribution in [-0.2, 0) is 18.3 Å². The van der Waals surface area contributed by atoms with Gasteiger partial charge in [0.05, 0.1) is 29.2 Å². The summed E-state index contributed by atoms with van der Waals surface area (Å²) in [6.07, 6.45) is 1.47. The second kappa shape index (κ2) is 7.66. The SMILES string of the molecule is CCn1nnnc1C1CN(c2cc(-c3nc4ccccc4n3C)c(Cl)cn2)CCO1. The summed E-state index contributed by atoms with van der Waals surface area (Å²) in [7, 11) is 2.00. The van der Waals surface area contributed by atoms with E-state index in [1.54, 1.807) is 10.9 Å². The molecule has 1 aliphatic rings. The van der Waals surface area contributed by atoms with Crippen molar-refractivity contribution in [1.82, 2.24) is 34.7 Å². The molecule has 4 heterocycles. The smallest absolute Gasteiger partial charge is 0.182 e. The predicted octanol–water partition coefficient (Wildman–Crippen LogP) is 2.87. The molecule has 1 fully saturated rings. The number of halogens is 1. The molecule has 1 unspecified atom stereocenters. The van der Waals surface area contributed by atoms with Crippen LogP contribution in [0.25, 0.3) is 22.4 Å². The van der Waals surface area contributed by atoms with Crippen LogP contribution in [0, 0.1) is 0 Å². The van der Waals surface area contributed by atoms with Gasteiger partial charge in [-0.05, 0) is 35.5 Å². The number of ether oxygens (including phenoxy) is 1. The van der Waals surface area contributed by atoms with Gasteiger partial charge in [0, 0.05) is 31.9 Å². The highest BCUT2D eigenvalue weighted by Crippen LogP contribution is 2.33. The molecule has 4 aromatic rings. The lowest BCUT2D eigenvalue weighted by molar-refractivity contribution is 0.0308. The first-order valence-electron chi connectivity index (χ1n) is 9.85. The standard InChI is InChI=1S/C20H21ClN8O/c1-3-29-20(24-25-26-29)17-12-28(8-9-30-17)18-10-13(14(21)11-22-18)19-23-15-6-4-5-7-16(15)27(19)2/h4-7,10-11,17H,3,8-9,12H2,1-2H3. The van der Waals surface area contributed by atoms with Crippen LogP contribution in [0.4, 0.5) is 5.82 Å². The number of para-hydroxylation sites is 2. The van der Waals surface area contributed by atoms with Crippen molar-refractivity contribution in [1.29, 1.82) is 0 Å². The Bertz CT molecular complexity index is 1200. The van der Waals surface area contributed by atoms with Gasteiger partial charge < -0.3 is 14.2 Å². The number of morpholine rings is 1.